The van der Waals surface area contributed by atoms with Gasteiger partial charge in [0.2, 0.25) is 0 Å². The molecule has 100 valence electrons. The fourth-order valence-corrected chi connectivity index (χ4v) is 1.23. The first-order chi connectivity index (χ1) is 8.37. The Morgan fingerprint density at radius 1 is 1.44 bits per heavy atom. The van der Waals surface area contributed by atoms with Gasteiger partial charge in [-0.1, -0.05) is 0 Å². The molecule has 0 aliphatic carbocycles. The van der Waals surface area contributed by atoms with Crippen LogP contribution in [0.25, 0.3) is 0 Å². The Bertz CT molecular complexity index is 435. The predicted molar refractivity (Wildman–Crippen MR) is 56.9 cm³/mol. The van der Waals surface area contributed by atoms with Crippen LogP contribution in [0, 0.1) is 0 Å². The maximum atomic E-state index is 12.0. The third-order valence-electron chi connectivity index (χ3n) is 1.88. The Morgan fingerprint density at radius 2 is 2.11 bits per heavy atom. The van der Waals surface area contributed by atoms with E-state index in [4.69, 9.17) is 10.6 Å². The number of carbonyl (C=O) groups excluding carboxylic acids is 1. The van der Waals surface area contributed by atoms with Crippen LogP contribution in [0.1, 0.15) is 17.3 Å². The first-order valence-electron chi connectivity index (χ1n) is 4.91. The fraction of sp³-hybridized carbons (Fsp3) is 0.300. The molecule has 0 aliphatic rings. The highest BCUT2D eigenvalue weighted by molar-refractivity contribution is 5.95. The third kappa shape index (κ3) is 3.81. The Balaban J connectivity index is 3.00. The van der Waals surface area contributed by atoms with Crippen molar-refractivity contribution in [1.29, 1.82) is 0 Å². The van der Waals surface area contributed by atoms with Crippen LogP contribution >= 0.6 is 0 Å². The van der Waals surface area contributed by atoms with Crippen molar-refractivity contribution in [3.8, 4) is 5.75 Å². The molecule has 5 nitrogen and oxygen atoms in total. The summed E-state index contributed by atoms with van der Waals surface area (Å²) < 4.78 is 44.4. The minimum Gasteiger partial charge on any atom is -0.462 e. The van der Waals surface area contributed by atoms with Crippen molar-refractivity contribution in [3.63, 3.8) is 0 Å². The van der Waals surface area contributed by atoms with Gasteiger partial charge in [-0.05, 0) is 19.1 Å². The number of carbonyl (C=O) groups is 1. The Morgan fingerprint density at radius 3 is 2.61 bits per heavy atom. The highest BCUT2D eigenvalue weighted by atomic mass is 19.4. The van der Waals surface area contributed by atoms with Gasteiger partial charge in [-0.15, -0.1) is 13.2 Å². The van der Waals surface area contributed by atoms with Gasteiger partial charge >= 0.3 is 12.3 Å². The van der Waals surface area contributed by atoms with E-state index in [2.05, 4.69) is 10.2 Å². The lowest BCUT2D eigenvalue weighted by Gasteiger charge is -2.12. The number of anilines is 1. The lowest BCUT2D eigenvalue weighted by Crippen LogP contribution is -2.18. The van der Waals surface area contributed by atoms with Crippen LogP contribution in [-0.4, -0.2) is 18.9 Å². The number of rotatable bonds is 4. The largest absolute Gasteiger partial charge is 0.573 e. The van der Waals surface area contributed by atoms with Gasteiger partial charge in [0.05, 0.1) is 17.9 Å². The molecule has 0 amide bonds. The summed E-state index contributed by atoms with van der Waals surface area (Å²) in [5, 5.41) is 0. The smallest absolute Gasteiger partial charge is 0.462 e. The minimum atomic E-state index is -4.81. The van der Waals surface area contributed by atoms with Gasteiger partial charge in [0.15, 0.2) is 0 Å². The maximum Gasteiger partial charge on any atom is 0.573 e. The van der Waals surface area contributed by atoms with Gasteiger partial charge in [0, 0.05) is 6.07 Å². The summed E-state index contributed by atoms with van der Waals surface area (Å²) in [4.78, 5) is 11.4. The van der Waals surface area contributed by atoms with Gasteiger partial charge in [-0.25, -0.2) is 4.79 Å². The van der Waals surface area contributed by atoms with Crippen molar-refractivity contribution in [3.05, 3.63) is 23.8 Å². The number of hydrogen-bond acceptors (Lipinski definition) is 5. The summed E-state index contributed by atoms with van der Waals surface area (Å²) in [6.45, 7) is 1.75. The van der Waals surface area contributed by atoms with E-state index >= 15 is 0 Å². The number of nitrogens with one attached hydrogen (secondary N) is 1. The number of hydrazine groups is 1. The normalized spacial score (nSPS) is 10.9. The standard InChI is InChI=1S/C10H11F3N2O3/c1-2-17-9(16)7-4-3-6(5-8(7)15-14)18-10(11,12)13/h3-5,15H,2,14H2,1H3. The molecular formula is C10H11F3N2O3. The molecule has 0 atom stereocenters. The van der Waals surface area contributed by atoms with E-state index < -0.39 is 18.1 Å². The Hall–Kier alpha value is -1.96. The lowest BCUT2D eigenvalue weighted by molar-refractivity contribution is -0.274. The molecular weight excluding hydrogens is 253 g/mol. The van der Waals surface area contributed by atoms with E-state index in [1.54, 1.807) is 6.92 Å². The molecule has 0 saturated heterocycles. The second-order valence-electron chi connectivity index (χ2n) is 3.12. The van der Waals surface area contributed by atoms with E-state index in [1.165, 1.54) is 0 Å². The summed E-state index contributed by atoms with van der Waals surface area (Å²) in [5.41, 5.74) is 2.12. The van der Waals surface area contributed by atoms with Crippen molar-refractivity contribution in [2.24, 2.45) is 5.84 Å². The van der Waals surface area contributed by atoms with Crippen LogP contribution in [-0.2, 0) is 4.74 Å². The number of alkyl halides is 3. The zero-order valence-corrected chi connectivity index (χ0v) is 9.38. The molecule has 1 aromatic rings. The third-order valence-corrected chi connectivity index (χ3v) is 1.88. The maximum absolute atomic E-state index is 12.0. The van der Waals surface area contributed by atoms with Crippen molar-refractivity contribution in [2.75, 3.05) is 12.0 Å². The van der Waals surface area contributed by atoms with Crippen molar-refractivity contribution < 1.29 is 27.4 Å². The lowest BCUT2D eigenvalue weighted by atomic mass is 10.1. The molecule has 0 aromatic heterocycles. The number of nitrogen functional groups attached to an aromatic ring is 1. The Kier molecular flexibility index (Phi) is 4.38. The molecule has 0 radical (unpaired) electrons. The van der Waals surface area contributed by atoms with Crippen molar-refractivity contribution >= 4 is 11.7 Å². The van der Waals surface area contributed by atoms with E-state index in [0.717, 1.165) is 18.2 Å². The summed E-state index contributed by atoms with van der Waals surface area (Å²) in [6.07, 6.45) is -4.81. The zero-order valence-electron chi connectivity index (χ0n) is 9.38. The molecule has 0 heterocycles. The minimum absolute atomic E-state index is 0.0183. The topological polar surface area (TPSA) is 73.6 Å². The van der Waals surface area contributed by atoms with Gasteiger partial charge in [0.25, 0.3) is 0 Å². The molecule has 1 aromatic carbocycles. The van der Waals surface area contributed by atoms with Crippen LogP contribution in [0.15, 0.2) is 18.2 Å². The van der Waals surface area contributed by atoms with Gasteiger partial charge < -0.3 is 14.9 Å². The first kappa shape index (κ1) is 14.1. The number of ether oxygens (including phenoxy) is 2. The summed E-state index contributed by atoms with van der Waals surface area (Å²) in [5.74, 6) is 3.95. The van der Waals surface area contributed by atoms with Crippen molar-refractivity contribution in [1.82, 2.24) is 0 Å². The van der Waals surface area contributed by atoms with Gasteiger partial charge in [-0.2, -0.15) is 0 Å². The molecule has 0 aliphatic heterocycles. The van der Waals surface area contributed by atoms with Crippen LogP contribution in [0.2, 0.25) is 0 Å². The number of benzene rings is 1. The van der Waals surface area contributed by atoms with E-state index in [9.17, 15) is 18.0 Å². The number of nitrogens with two attached hydrogens (primary N) is 1. The monoisotopic (exact) mass is 264 g/mol. The average Bonchev–Trinajstić information content (AvgIpc) is 2.27. The summed E-state index contributed by atoms with van der Waals surface area (Å²) >= 11 is 0. The van der Waals surface area contributed by atoms with E-state index in [-0.39, 0.29) is 17.9 Å². The number of halogens is 3. The molecule has 0 spiro atoms. The average molecular weight is 264 g/mol. The SMILES string of the molecule is CCOC(=O)c1ccc(OC(F)(F)F)cc1NN. The molecule has 3 N–H and O–H groups in total. The van der Waals surface area contributed by atoms with Gasteiger partial charge in [-0.3, -0.25) is 5.84 Å². The molecule has 0 unspecified atom stereocenters. The van der Waals surface area contributed by atoms with Crippen LogP contribution < -0.4 is 16.0 Å². The second-order valence-corrected chi connectivity index (χ2v) is 3.12. The molecule has 0 fully saturated rings. The Labute approximate surface area is 101 Å². The molecule has 1 rings (SSSR count). The quantitative estimate of drug-likeness (QED) is 0.494. The van der Waals surface area contributed by atoms with E-state index in [0.29, 0.717) is 0 Å². The first-order valence-corrected chi connectivity index (χ1v) is 4.91. The van der Waals surface area contributed by atoms with Crippen LogP contribution in [0.4, 0.5) is 18.9 Å². The number of hydrogen-bond donors (Lipinski definition) is 2. The number of esters is 1. The molecule has 0 bridgehead atoms. The summed E-state index contributed by atoms with van der Waals surface area (Å²) in [7, 11) is 0. The second kappa shape index (κ2) is 5.58. The molecule has 0 saturated carbocycles. The van der Waals surface area contributed by atoms with Crippen LogP contribution in [0.3, 0.4) is 0 Å². The van der Waals surface area contributed by atoms with Crippen molar-refractivity contribution in [2.45, 2.75) is 13.3 Å². The highest BCUT2D eigenvalue weighted by Gasteiger charge is 2.31. The van der Waals surface area contributed by atoms with Crippen LogP contribution in [0.5, 0.6) is 5.75 Å². The molecule has 8 heteroatoms. The highest BCUT2D eigenvalue weighted by Crippen LogP contribution is 2.27. The van der Waals surface area contributed by atoms with Gasteiger partial charge in [0.1, 0.15) is 5.75 Å². The molecule has 18 heavy (non-hydrogen) atoms. The van der Waals surface area contributed by atoms with E-state index in [1.807, 2.05) is 0 Å². The summed E-state index contributed by atoms with van der Waals surface area (Å²) in [6, 6.07) is 3.09. The fourth-order valence-electron chi connectivity index (χ4n) is 1.23. The zero-order chi connectivity index (χ0) is 13.8. The predicted octanol–water partition coefficient (Wildman–Crippen LogP) is 2.05.